The van der Waals surface area contributed by atoms with Gasteiger partial charge in [0.05, 0.1) is 8.07 Å². The second-order valence-corrected chi connectivity index (χ2v) is 12.6. The summed E-state index contributed by atoms with van der Waals surface area (Å²) in [5.41, 5.74) is 3.87. The van der Waals surface area contributed by atoms with Crippen LogP contribution in [0.3, 0.4) is 0 Å². The molecular weight excluding hydrogens is 282 g/mol. The van der Waals surface area contributed by atoms with E-state index in [9.17, 15) is 0 Å². The Hall–Kier alpha value is -1.54. The molecule has 0 bridgehead atoms. The highest BCUT2D eigenvalue weighted by Gasteiger charge is 2.17. The predicted octanol–water partition coefficient (Wildman–Crippen LogP) is 5.63. The lowest BCUT2D eigenvalue weighted by Gasteiger charge is -2.17. The molecule has 1 aliphatic carbocycles. The van der Waals surface area contributed by atoms with Crippen molar-refractivity contribution in [1.29, 1.82) is 0 Å². The molecule has 1 nitrogen and oxygen atoms in total. The van der Waals surface area contributed by atoms with Crippen LogP contribution in [0.2, 0.25) is 19.6 Å². The van der Waals surface area contributed by atoms with Crippen LogP contribution in [0.5, 0.6) is 0 Å². The van der Waals surface area contributed by atoms with Crippen molar-refractivity contribution in [1.82, 2.24) is 0 Å². The van der Waals surface area contributed by atoms with Gasteiger partial charge in [-0.15, -0.1) is 0 Å². The van der Waals surface area contributed by atoms with Gasteiger partial charge in [0.1, 0.15) is 0 Å². The van der Waals surface area contributed by atoms with E-state index in [1.807, 2.05) is 0 Å². The Morgan fingerprint density at radius 3 is 1.77 bits per heavy atom. The van der Waals surface area contributed by atoms with E-state index in [0.29, 0.717) is 0 Å². The molecule has 0 heterocycles. The highest BCUT2D eigenvalue weighted by Crippen LogP contribution is 2.34. The van der Waals surface area contributed by atoms with E-state index in [4.69, 9.17) is 0 Å². The van der Waals surface area contributed by atoms with Crippen molar-refractivity contribution in [2.24, 2.45) is 0 Å². The van der Waals surface area contributed by atoms with Crippen molar-refractivity contribution in [3.63, 3.8) is 0 Å². The molecule has 0 saturated heterocycles. The number of benzene rings is 2. The second kappa shape index (κ2) is 6.29. The molecule has 0 radical (unpaired) electrons. The monoisotopic (exact) mass is 309 g/mol. The molecule has 0 aliphatic heterocycles. The predicted molar refractivity (Wildman–Crippen MR) is 100 cm³/mol. The SMILES string of the molecule is C[Si](C)(C)c1ccc(Nc2ccc(C3CCCC3)cc2)cc1. The molecule has 1 fully saturated rings. The largest absolute Gasteiger partial charge is 0.356 e. The summed E-state index contributed by atoms with van der Waals surface area (Å²) in [6, 6.07) is 18.0. The first kappa shape index (κ1) is 15.4. The van der Waals surface area contributed by atoms with Gasteiger partial charge >= 0.3 is 0 Å². The Morgan fingerprint density at radius 2 is 1.27 bits per heavy atom. The number of nitrogens with one attached hydrogen (secondary N) is 1. The van der Waals surface area contributed by atoms with Gasteiger partial charge in [-0.05, 0) is 48.6 Å². The number of anilines is 2. The molecule has 1 aliphatic rings. The minimum Gasteiger partial charge on any atom is -0.356 e. The lowest BCUT2D eigenvalue weighted by Crippen LogP contribution is -2.37. The highest BCUT2D eigenvalue weighted by molar-refractivity contribution is 6.88. The van der Waals surface area contributed by atoms with Crippen LogP contribution in [0.15, 0.2) is 48.5 Å². The van der Waals surface area contributed by atoms with E-state index >= 15 is 0 Å². The molecule has 0 atom stereocenters. The zero-order valence-electron chi connectivity index (χ0n) is 14.0. The summed E-state index contributed by atoms with van der Waals surface area (Å²) in [6.07, 6.45) is 5.53. The molecule has 0 unspecified atom stereocenters. The molecule has 1 N–H and O–H groups in total. The third-order valence-electron chi connectivity index (χ3n) is 4.78. The third-order valence-corrected chi connectivity index (χ3v) is 6.84. The second-order valence-electron chi connectivity index (χ2n) is 7.56. The van der Waals surface area contributed by atoms with Gasteiger partial charge < -0.3 is 5.32 Å². The maximum atomic E-state index is 3.52. The van der Waals surface area contributed by atoms with Crippen LogP contribution in [0.1, 0.15) is 37.2 Å². The number of hydrogen-bond acceptors (Lipinski definition) is 1. The van der Waals surface area contributed by atoms with Crippen LogP contribution in [-0.4, -0.2) is 8.07 Å². The Morgan fingerprint density at radius 1 is 0.773 bits per heavy atom. The van der Waals surface area contributed by atoms with E-state index in [1.165, 1.54) is 47.8 Å². The van der Waals surface area contributed by atoms with Crippen molar-refractivity contribution < 1.29 is 0 Å². The topological polar surface area (TPSA) is 12.0 Å². The normalized spacial score (nSPS) is 16.0. The molecule has 0 amide bonds. The number of hydrogen-bond donors (Lipinski definition) is 1. The van der Waals surface area contributed by atoms with Crippen molar-refractivity contribution in [2.75, 3.05) is 5.32 Å². The van der Waals surface area contributed by atoms with Crippen LogP contribution in [0.25, 0.3) is 0 Å². The van der Waals surface area contributed by atoms with Gasteiger partial charge in [-0.25, -0.2) is 0 Å². The van der Waals surface area contributed by atoms with Crippen molar-refractivity contribution in [2.45, 2.75) is 51.2 Å². The van der Waals surface area contributed by atoms with Crippen LogP contribution < -0.4 is 10.5 Å². The molecule has 2 aromatic rings. The summed E-state index contributed by atoms with van der Waals surface area (Å²) in [7, 11) is -1.20. The molecule has 0 aromatic heterocycles. The van der Waals surface area contributed by atoms with Gasteiger partial charge in [-0.3, -0.25) is 0 Å². The molecule has 1 saturated carbocycles. The Bertz CT molecular complexity index is 602. The average Bonchev–Trinajstić information content (AvgIpc) is 3.02. The summed E-state index contributed by atoms with van der Waals surface area (Å²) in [5, 5.41) is 5.02. The quantitative estimate of drug-likeness (QED) is 0.721. The molecular formula is C20H27NSi. The summed E-state index contributed by atoms with van der Waals surface area (Å²) < 4.78 is 0. The third kappa shape index (κ3) is 3.61. The molecule has 22 heavy (non-hydrogen) atoms. The van der Waals surface area contributed by atoms with Crippen LogP contribution in [0.4, 0.5) is 11.4 Å². The van der Waals surface area contributed by atoms with Crippen LogP contribution in [-0.2, 0) is 0 Å². The van der Waals surface area contributed by atoms with E-state index in [-0.39, 0.29) is 0 Å². The van der Waals surface area contributed by atoms with Crippen molar-refractivity contribution >= 4 is 24.6 Å². The van der Waals surface area contributed by atoms with E-state index in [2.05, 4.69) is 73.5 Å². The minimum absolute atomic E-state index is 0.796. The fraction of sp³-hybridized carbons (Fsp3) is 0.400. The molecule has 3 rings (SSSR count). The maximum absolute atomic E-state index is 3.52. The van der Waals surface area contributed by atoms with Gasteiger partial charge in [0.25, 0.3) is 0 Å². The Labute approximate surface area is 135 Å². The van der Waals surface area contributed by atoms with Crippen molar-refractivity contribution in [3.8, 4) is 0 Å². The zero-order chi connectivity index (χ0) is 15.6. The molecule has 2 heteroatoms. The van der Waals surface area contributed by atoms with Gasteiger partial charge in [-0.2, -0.15) is 0 Å². The fourth-order valence-corrected chi connectivity index (χ4v) is 4.48. The summed E-state index contributed by atoms with van der Waals surface area (Å²) in [5.74, 6) is 0.796. The summed E-state index contributed by atoms with van der Waals surface area (Å²) >= 11 is 0. The minimum atomic E-state index is -1.20. The zero-order valence-corrected chi connectivity index (χ0v) is 15.0. The van der Waals surface area contributed by atoms with Crippen LogP contribution in [0, 0.1) is 0 Å². The first-order chi connectivity index (χ1) is 10.5. The maximum Gasteiger partial charge on any atom is 0.0775 e. The van der Waals surface area contributed by atoms with E-state index < -0.39 is 8.07 Å². The van der Waals surface area contributed by atoms with Crippen molar-refractivity contribution in [3.05, 3.63) is 54.1 Å². The highest BCUT2D eigenvalue weighted by atomic mass is 28.3. The summed E-state index contributed by atoms with van der Waals surface area (Å²) in [4.78, 5) is 0. The summed E-state index contributed by atoms with van der Waals surface area (Å²) in [6.45, 7) is 7.16. The fourth-order valence-electron chi connectivity index (χ4n) is 3.32. The lowest BCUT2D eigenvalue weighted by molar-refractivity contribution is 0.723. The standard InChI is InChI=1S/C20H27NSi/c1-22(2,3)20-14-12-19(13-15-20)21-18-10-8-17(9-11-18)16-6-4-5-7-16/h8-16,21H,4-7H2,1-3H3. The first-order valence-corrected chi connectivity index (χ1v) is 12.0. The Balaban J connectivity index is 1.67. The molecule has 2 aromatic carbocycles. The van der Waals surface area contributed by atoms with E-state index in [1.54, 1.807) is 0 Å². The lowest BCUT2D eigenvalue weighted by atomic mass is 9.97. The average molecular weight is 310 g/mol. The first-order valence-electron chi connectivity index (χ1n) is 8.50. The van der Waals surface area contributed by atoms with Gasteiger partial charge in [0.15, 0.2) is 0 Å². The van der Waals surface area contributed by atoms with E-state index in [0.717, 1.165) is 5.92 Å². The Kier molecular flexibility index (Phi) is 4.39. The molecule has 0 spiro atoms. The molecule has 116 valence electrons. The van der Waals surface area contributed by atoms with Crippen LogP contribution >= 0.6 is 0 Å². The van der Waals surface area contributed by atoms with Gasteiger partial charge in [-0.1, -0.05) is 61.9 Å². The van der Waals surface area contributed by atoms with Gasteiger partial charge in [0.2, 0.25) is 0 Å². The smallest absolute Gasteiger partial charge is 0.0775 e. The number of rotatable bonds is 4. The van der Waals surface area contributed by atoms with Gasteiger partial charge in [0, 0.05) is 11.4 Å².